The summed E-state index contributed by atoms with van der Waals surface area (Å²) in [6, 6.07) is 2.26. The molecule has 1 saturated heterocycles. The highest BCUT2D eigenvalue weighted by Crippen LogP contribution is 2.18. The molecule has 0 radical (unpaired) electrons. The van der Waals surface area contributed by atoms with Gasteiger partial charge < -0.3 is 24.6 Å². The van der Waals surface area contributed by atoms with Crippen molar-refractivity contribution in [3.8, 4) is 5.75 Å². The molecule has 1 unspecified atom stereocenters. The first-order valence-electron chi connectivity index (χ1n) is 8.86. The predicted octanol–water partition coefficient (Wildman–Crippen LogP) is 0.177. The van der Waals surface area contributed by atoms with Crippen LogP contribution in [0, 0.1) is 6.92 Å². The van der Waals surface area contributed by atoms with Gasteiger partial charge in [-0.15, -0.1) is 0 Å². The first-order valence-corrected chi connectivity index (χ1v) is 8.86. The average molecular weight is 379 g/mol. The number of amides is 2. The molecule has 0 bridgehead atoms. The van der Waals surface area contributed by atoms with E-state index in [-0.39, 0.29) is 36.7 Å². The Hall–Kier alpha value is -2.84. The van der Waals surface area contributed by atoms with Crippen LogP contribution in [0.15, 0.2) is 16.9 Å². The maximum atomic E-state index is 12.6. The van der Waals surface area contributed by atoms with Gasteiger partial charge in [-0.25, -0.2) is 0 Å². The molecule has 2 heterocycles. The lowest BCUT2D eigenvalue weighted by molar-refractivity contribution is -0.145. The molecule has 1 atom stereocenters. The summed E-state index contributed by atoms with van der Waals surface area (Å²) >= 11 is 0. The van der Waals surface area contributed by atoms with E-state index in [1.807, 2.05) is 0 Å². The van der Waals surface area contributed by atoms with Crippen molar-refractivity contribution >= 4 is 17.8 Å². The van der Waals surface area contributed by atoms with Gasteiger partial charge in [-0.3, -0.25) is 19.2 Å². The topological polar surface area (TPSA) is 120 Å². The summed E-state index contributed by atoms with van der Waals surface area (Å²) in [6.07, 6.45) is 1.75. The van der Waals surface area contributed by atoms with E-state index in [2.05, 4.69) is 0 Å². The van der Waals surface area contributed by atoms with Crippen molar-refractivity contribution < 1.29 is 24.6 Å². The highest BCUT2D eigenvalue weighted by Gasteiger charge is 2.27. The molecule has 1 aromatic heterocycles. The maximum Gasteiger partial charge on any atom is 0.323 e. The number of carboxylic acids is 1. The van der Waals surface area contributed by atoms with Crippen LogP contribution in [0.1, 0.15) is 31.9 Å². The van der Waals surface area contributed by atoms with Crippen LogP contribution in [0.25, 0.3) is 0 Å². The molecule has 0 spiro atoms. The second-order valence-electron chi connectivity index (χ2n) is 6.79. The SMILES string of the molecule is CC(=O)N(CC(=O)O)C1CCCN(C(=O)Cn2c(C)cc(O)cc2=O)CC1. The molecule has 9 nitrogen and oxygen atoms in total. The number of likely N-dealkylation sites (tertiary alicyclic amines) is 1. The minimum absolute atomic E-state index is 0.124. The summed E-state index contributed by atoms with van der Waals surface area (Å²) in [7, 11) is 0. The number of aromatic hydroxyl groups is 1. The van der Waals surface area contributed by atoms with Crippen LogP contribution in [-0.4, -0.2) is 68.0 Å². The summed E-state index contributed by atoms with van der Waals surface area (Å²) < 4.78 is 1.30. The van der Waals surface area contributed by atoms with Crippen LogP contribution in [0.4, 0.5) is 0 Å². The largest absolute Gasteiger partial charge is 0.508 e. The lowest BCUT2D eigenvalue weighted by Gasteiger charge is -2.29. The Labute approximate surface area is 156 Å². The Morgan fingerprint density at radius 1 is 1.22 bits per heavy atom. The number of pyridine rings is 1. The minimum Gasteiger partial charge on any atom is -0.508 e. The van der Waals surface area contributed by atoms with Gasteiger partial charge in [0, 0.05) is 37.8 Å². The lowest BCUT2D eigenvalue weighted by Crippen LogP contribution is -2.43. The molecule has 1 aliphatic rings. The van der Waals surface area contributed by atoms with E-state index in [9.17, 15) is 24.3 Å². The highest BCUT2D eigenvalue weighted by atomic mass is 16.4. The van der Waals surface area contributed by atoms with Gasteiger partial charge >= 0.3 is 5.97 Å². The van der Waals surface area contributed by atoms with E-state index in [4.69, 9.17) is 5.11 Å². The van der Waals surface area contributed by atoms with Crippen LogP contribution in [-0.2, 0) is 20.9 Å². The zero-order chi connectivity index (χ0) is 20.1. The van der Waals surface area contributed by atoms with Crippen molar-refractivity contribution in [2.24, 2.45) is 0 Å². The number of nitrogens with zero attached hydrogens (tertiary/aromatic N) is 3. The number of carboxylic acid groups (broad SMARTS) is 1. The monoisotopic (exact) mass is 379 g/mol. The number of hydrogen-bond acceptors (Lipinski definition) is 5. The fraction of sp³-hybridized carbons (Fsp3) is 0.556. The van der Waals surface area contributed by atoms with Gasteiger partial charge in [0.1, 0.15) is 18.8 Å². The first-order chi connectivity index (χ1) is 12.7. The fourth-order valence-corrected chi connectivity index (χ4v) is 3.43. The van der Waals surface area contributed by atoms with E-state index in [1.54, 1.807) is 11.8 Å². The second kappa shape index (κ2) is 8.70. The Morgan fingerprint density at radius 3 is 2.52 bits per heavy atom. The quantitative estimate of drug-likeness (QED) is 0.753. The van der Waals surface area contributed by atoms with Crippen molar-refractivity contribution in [3.05, 3.63) is 28.2 Å². The third-order valence-corrected chi connectivity index (χ3v) is 4.81. The molecule has 0 aromatic carbocycles. The molecule has 0 aliphatic carbocycles. The molecule has 0 saturated carbocycles. The smallest absolute Gasteiger partial charge is 0.323 e. The average Bonchev–Trinajstić information content (AvgIpc) is 2.81. The Bertz CT molecular complexity index is 788. The third-order valence-electron chi connectivity index (χ3n) is 4.81. The van der Waals surface area contributed by atoms with Gasteiger partial charge in [-0.2, -0.15) is 0 Å². The van der Waals surface area contributed by atoms with Crippen LogP contribution in [0.2, 0.25) is 0 Å². The van der Waals surface area contributed by atoms with Crippen molar-refractivity contribution in [1.82, 2.24) is 14.4 Å². The molecule has 1 aromatic rings. The van der Waals surface area contributed by atoms with Crippen molar-refractivity contribution in [1.29, 1.82) is 0 Å². The summed E-state index contributed by atoms with van der Waals surface area (Å²) in [6.45, 7) is 3.39. The number of aliphatic carboxylic acids is 1. The molecule has 1 fully saturated rings. The van der Waals surface area contributed by atoms with Crippen molar-refractivity contribution in [2.45, 2.75) is 45.7 Å². The third kappa shape index (κ3) is 5.32. The van der Waals surface area contributed by atoms with E-state index >= 15 is 0 Å². The van der Waals surface area contributed by atoms with Gasteiger partial charge in [0.05, 0.1) is 0 Å². The lowest BCUT2D eigenvalue weighted by atomic mass is 10.1. The standard InChI is InChI=1S/C18H25N3O6/c1-12-8-15(23)9-16(24)20(12)10-17(25)19-6-3-4-14(5-7-19)21(13(2)22)11-18(26)27/h8-9,14,23H,3-7,10-11H2,1-2H3,(H,26,27). The zero-order valence-corrected chi connectivity index (χ0v) is 15.6. The minimum atomic E-state index is -1.07. The van der Waals surface area contributed by atoms with Gasteiger partial charge in [0.15, 0.2) is 0 Å². The number of carbonyl (C=O) groups excluding carboxylic acids is 2. The van der Waals surface area contributed by atoms with Crippen molar-refractivity contribution in [2.75, 3.05) is 19.6 Å². The highest BCUT2D eigenvalue weighted by molar-refractivity contribution is 5.80. The molecule has 1 aliphatic heterocycles. The predicted molar refractivity (Wildman–Crippen MR) is 96.3 cm³/mol. The van der Waals surface area contributed by atoms with E-state index < -0.39 is 11.5 Å². The van der Waals surface area contributed by atoms with E-state index in [1.165, 1.54) is 22.5 Å². The molecule has 2 N–H and O–H groups in total. The number of rotatable bonds is 5. The van der Waals surface area contributed by atoms with Crippen molar-refractivity contribution in [3.63, 3.8) is 0 Å². The number of aromatic nitrogens is 1. The molecule has 148 valence electrons. The first kappa shape index (κ1) is 20.5. The molecule has 9 heteroatoms. The molecule has 27 heavy (non-hydrogen) atoms. The van der Waals surface area contributed by atoms with Gasteiger partial charge in [-0.1, -0.05) is 0 Å². The van der Waals surface area contributed by atoms with Crippen LogP contribution in [0.3, 0.4) is 0 Å². The second-order valence-corrected chi connectivity index (χ2v) is 6.79. The maximum absolute atomic E-state index is 12.6. The van der Waals surface area contributed by atoms with E-state index in [0.717, 1.165) is 6.07 Å². The van der Waals surface area contributed by atoms with Gasteiger partial charge in [0.2, 0.25) is 11.8 Å². The Morgan fingerprint density at radius 2 is 1.93 bits per heavy atom. The molecule has 2 rings (SSSR count). The van der Waals surface area contributed by atoms with Crippen LogP contribution in [0.5, 0.6) is 5.75 Å². The summed E-state index contributed by atoms with van der Waals surface area (Å²) in [5.41, 5.74) is 0.0445. The van der Waals surface area contributed by atoms with Gasteiger partial charge in [-0.05, 0) is 32.3 Å². The normalized spacial score (nSPS) is 17.3. The Kier molecular flexibility index (Phi) is 6.59. The number of hydrogen-bond donors (Lipinski definition) is 2. The summed E-state index contributed by atoms with van der Waals surface area (Å²) in [5, 5.41) is 18.4. The zero-order valence-electron chi connectivity index (χ0n) is 15.6. The van der Waals surface area contributed by atoms with Crippen LogP contribution < -0.4 is 5.56 Å². The molecule has 2 amide bonds. The fourth-order valence-electron chi connectivity index (χ4n) is 3.43. The van der Waals surface area contributed by atoms with E-state index in [0.29, 0.717) is 38.0 Å². The summed E-state index contributed by atoms with van der Waals surface area (Å²) in [5.74, 6) is -1.72. The number of aryl methyl sites for hydroxylation is 1. The van der Waals surface area contributed by atoms with Gasteiger partial charge in [0.25, 0.3) is 5.56 Å². The summed E-state index contributed by atoms with van der Waals surface area (Å²) in [4.78, 5) is 50.4. The molecular formula is C18H25N3O6. The molecular weight excluding hydrogens is 354 g/mol. The van der Waals surface area contributed by atoms with Crippen LogP contribution >= 0.6 is 0 Å². The number of carbonyl (C=O) groups is 3. The Balaban J connectivity index is 2.05.